The lowest BCUT2D eigenvalue weighted by Crippen LogP contribution is -2.23. The average molecular weight is 455 g/mol. The SMILES string of the molecule is Cc1ccc(-c2ccc(CNNc3nc4nonc4nc3Cc3cccc(C)c3C)o2)cc1C. The van der Waals surface area contributed by atoms with Gasteiger partial charge >= 0.3 is 0 Å². The number of aryl methyl sites for hydroxylation is 3. The van der Waals surface area contributed by atoms with Crippen molar-refractivity contribution in [3.63, 3.8) is 0 Å². The molecule has 5 aromatic rings. The van der Waals surface area contributed by atoms with Gasteiger partial charge in [-0.15, -0.1) is 0 Å². The maximum Gasteiger partial charge on any atom is 0.245 e. The molecule has 8 nitrogen and oxygen atoms in total. The first-order valence-electron chi connectivity index (χ1n) is 11.2. The summed E-state index contributed by atoms with van der Waals surface area (Å²) in [4.78, 5) is 9.18. The summed E-state index contributed by atoms with van der Waals surface area (Å²) in [6.07, 6.45) is 0.602. The predicted molar refractivity (Wildman–Crippen MR) is 130 cm³/mol. The highest BCUT2D eigenvalue weighted by Gasteiger charge is 2.15. The Morgan fingerprint density at radius 2 is 1.65 bits per heavy atom. The first-order valence-corrected chi connectivity index (χ1v) is 11.2. The van der Waals surface area contributed by atoms with Crippen LogP contribution in [0.4, 0.5) is 5.82 Å². The van der Waals surface area contributed by atoms with Crippen LogP contribution >= 0.6 is 0 Å². The predicted octanol–water partition coefficient (Wildman–Crippen LogP) is 5.21. The van der Waals surface area contributed by atoms with Crippen LogP contribution in [0.1, 0.15) is 39.3 Å². The average Bonchev–Trinajstić information content (AvgIpc) is 3.48. The number of hydrogen-bond acceptors (Lipinski definition) is 8. The zero-order chi connectivity index (χ0) is 23.7. The maximum absolute atomic E-state index is 6.04. The quantitative estimate of drug-likeness (QED) is 0.323. The van der Waals surface area contributed by atoms with Crippen molar-refractivity contribution in [3.05, 3.63) is 87.8 Å². The third-order valence-electron chi connectivity index (χ3n) is 6.18. The molecule has 0 spiro atoms. The van der Waals surface area contributed by atoms with Gasteiger partial charge in [-0.05, 0) is 84.0 Å². The molecule has 2 N–H and O–H groups in total. The molecule has 8 heteroatoms. The van der Waals surface area contributed by atoms with E-state index in [-0.39, 0.29) is 0 Å². The Labute approximate surface area is 197 Å². The number of fused-ring (bicyclic) bond motifs is 1. The molecule has 34 heavy (non-hydrogen) atoms. The Morgan fingerprint density at radius 3 is 2.47 bits per heavy atom. The second-order valence-electron chi connectivity index (χ2n) is 8.51. The van der Waals surface area contributed by atoms with E-state index in [1.165, 1.54) is 27.8 Å². The van der Waals surface area contributed by atoms with Gasteiger partial charge in [-0.3, -0.25) is 0 Å². The minimum Gasteiger partial charge on any atom is -0.460 e. The fourth-order valence-corrected chi connectivity index (χ4v) is 3.82. The molecule has 0 aliphatic heterocycles. The summed E-state index contributed by atoms with van der Waals surface area (Å²) < 4.78 is 10.9. The van der Waals surface area contributed by atoms with Gasteiger partial charge in [-0.25, -0.2) is 20.0 Å². The monoisotopic (exact) mass is 454 g/mol. The van der Waals surface area contributed by atoms with Crippen LogP contribution in [0.25, 0.3) is 22.6 Å². The van der Waals surface area contributed by atoms with Crippen molar-refractivity contribution in [1.29, 1.82) is 0 Å². The van der Waals surface area contributed by atoms with Gasteiger partial charge in [0.2, 0.25) is 11.3 Å². The smallest absolute Gasteiger partial charge is 0.245 e. The lowest BCUT2D eigenvalue weighted by Gasteiger charge is -2.12. The Kier molecular flexibility index (Phi) is 5.81. The van der Waals surface area contributed by atoms with Crippen LogP contribution in [0.15, 0.2) is 57.6 Å². The summed E-state index contributed by atoms with van der Waals surface area (Å²) in [5.74, 6) is 2.21. The number of nitrogens with zero attached hydrogens (tertiary/aromatic N) is 4. The summed E-state index contributed by atoms with van der Waals surface area (Å²) in [5.41, 5.74) is 15.1. The number of hydrazine groups is 1. The normalized spacial score (nSPS) is 11.3. The van der Waals surface area contributed by atoms with Crippen LogP contribution in [0.3, 0.4) is 0 Å². The number of rotatable bonds is 7. The van der Waals surface area contributed by atoms with Gasteiger partial charge in [0.25, 0.3) is 0 Å². The van der Waals surface area contributed by atoms with Crippen molar-refractivity contribution in [1.82, 2.24) is 25.7 Å². The van der Waals surface area contributed by atoms with Crippen molar-refractivity contribution in [2.45, 2.75) is 40.7 Å². The van der Waals surface area contributed by atoms with Gasteiger partial charge in [0.1, 0.15) is 11.5 Å². The van der Waals surface area contributed by atoms with E-state index in [1.807, 2.05) is 12.1 Å². The van der Waals surface area contributed by atoms with E-state index in [2.05, 4.69) is 95.2 Å². The van der Waals surface area contributed by atoms with Gasteiger partial charge in [-0.1, -0.05) is 30.3 Å². The molecule has 0 fully saturated rings. The molecule has 0 aliphatic rings. The van der Waals surface area contributed by atoms with Crippen LogP contribution in [-0.4, -0.2) is 20.3 Å². The van der Waals surface area contributed by atoms with E-state index in [9.17, 15) is 0 Å². The summed E-state index contributed by atoms with van der Waals surface area (Å²) in [7, 11) is 0. The standard InChI is InChI=1S/C26H26N6O2/c1-15-8-9-20(12-17(15)3)23-11-10-21(33-23)14-27-30-24-22(28-25-26(29-24)32-34-31-25)13-19-7-5-6-16(2)18(19)4/h5-12,27H,13-14H2,1-4H3,(H,29,30,32). The van der Waals surface area contributed by atoms with E-state index < -0.39 is 0 Å². The Hall–Kier alpha value is -4.04. The number of anilines is 1. The van der Waals surface area contributed by atoms with Crippen molar-refractivity contribution in [2.24, 2.45) is 0 Å². The van der Waals surface area contributed by atoms with Crippen molar-refractivity contribution >= 4 is 17.1 Å². The summed E-state index contributed by atoms with van der Waals surface area (Å²) >= 11 is 0. The van der Waals surface area contributed by atoms with Gasteiger partial charge < -0.3 is 9.84 Å². The summed E-state index contributed by atoms with van der Waals surface area (Å²) in [6, 6.07) is 16.5. The van der Waals surface area contributed by atoms with Crippen molar-refractivity contribution in [2.75, 3.05) is 5.43 Å². The second-order valence-corrected chi connectivity index (χ2v) is 8.51. The maximum atomic E-state index is 6.04. The number of aromatic nitrogens is 4. The topological polar surface area (TPSA) is 102 Å². The van der Waals surface area contributed by atoms with Crippen molar-refractivity contribution < 1.29 is 9.05 Å². The van der Waals surface area contributed by atoms with E-state index in [1.54, 1.807) is 0 Å². The summed E-state index contributed by atoms with van der Waals surface area (Å²) in [6.45, 7) is 8.89. The van der Waals surface area contributed by atoms with Crippen LogP contribution in [-0.2, 0) is 13.0 Å². The highest BCUT2D eigenvalue weighted by molar-refractivity contribution is 5.67. The van der Waals surface area contributed by atoms with Gasteiger partial charge in [0, 0.05) is 12.0 Å². The minimum absolute atomic E-state index is 0.351. The van der Waals surface area contributed by atoms with Gasteiger partial charge in [0.05, 0.1) is 12.2 Å². The fourth-order valence-electron chi connectivity index (χ4n) is 3.82. The number of furan rings is 1. The lowest BCUT2D eigenvalue weighted by molar-refractivity contribution is 0.314. The number of hydrogen-bond donors (Lipinski definition) is 2. The third kappa shape index (κ3) is 4.40. The van der Waals surface area contributed by atoms with Gasteiger partial charge in [-0.2, -0.15) is 0 Å². The molecule has 5 rings (SSSR count). The van der Waals surface area contributed by atoms with Crippen molar-refractivity contribution in [3.8, 4) is 11.3 Å². The molecule has 3 heterocycles. The second kappa shape index (κ2) is 9.07. The molecule has 3 aromatic heterocycles. The van der Waals surface area contributed by atoms with Crippen LogP contribution in [0.5, 0.6) is 0 Å². The summed E-state index contributed by atoms with van der Waals surface area (Å²) in [5, 5.41) is 7.68. The number of benzene rings is 2. The molecule has 172 valence electrons. The molecule has 0 unspecified atom stereocenters. The molecule has 2 aromatic carbocycles. The minimum atomic E-state index is 0.351. The first-order chi connectivity index (χ1) is 16.5. The Morgan fingerprint density at radius 1 is 0.824 bits per heavy atom. The van der Waals surface area contributed by atoms with E-state index in [0.29, 0.717) is 30.1 Å². The lowest BCUT2D eigenvalue weighted by atomic mass is 9.99. The molecular formula is C26H26N6O2. The van der Waals surface area contributed by atoms with Gasteiger partial charge in [0.15, 0.2) is 5.82 Å². The van der Waals surface area contributed by atoms with E-state index in [4.69, 9.17) is 9.05 Å². The molecule has 0 amide bonds. The molecule has 0 aliphatic carbocycles. The molecule has 0 atom stereocenters. The fraction of sp³-hybridized carbons (Fsp3) is 0.231. The molecule has 0 saturated heterocycles. The molecular weight excluding hydrogens is 428 g/mol. The Bertz CT molecular complexity index is 1470. The Balaban J connectivity index is 1.33. The van der Waals surface area contributed by atoms with Crippen LogP contribution in [0, 0.1) is 27.7 Å². The zero-order valence-electron chi connectivity index (χ0n) is 19.6. The zero-order valence-corrected chi connectivity index (χ0v) is 19.6. The van der Waals surface area contributed by atoms with E-state index >= 15 is 0 Å². The van der Waals surface area contributed by atoms with Crippen LogP contribution < -0.4 is 10.9 Å². The largest absolute Gasteiger partial charge is 0.460 e. The van der Waals surface area contributed by atoms with Crippen LogP contribution in [0.2, 0.25) is 0 Å². The molecule has 0 saturated carbocycles. The first kappa shape index (κ1) is 21.8. The number of nitrogens with one attached hydrogen (secondary N) is 2. The molecule has 0 radical (unpaired) electrons. The van der Waals surface area contributed by atoms with E-state index in [0.717, 1.165) is 22.8 Å². The highest BCUT2D eigenvalue weighted by atomic mass is 16.6. The molecule has 0 bridgehead atoms. The third-order valence-corrected chi connectivity index (χ3v) is 6.18. The highest BCUT2D eigenvalue weighted by Crippen LogP contribution is 2.25.